The van der Waals surface area contributed by atoms with Gasteiger partial charge in [-0.05, 0) is 48.9 Å². The number of hydrogen-bond acceptors (Lipinski definition) is 6. The molecule has 0 fully saturated rings. The molecule has 1 heterocycles. The predicted molar refractivity (Wildman–Crippen MR) is 95.7 cm³/mol. The Morgan fingerprint density at radius 3 is 2.38 bits per heavy atom. The summed E-state index contributed by atoms with van der Waals surface area (Å²) in [6, 6.07) is 14.4. The smallest absolute Gasteiger partial charge is 0.322 e. The third-order valence-electron chi connectivity index (χ3n) is 3.63. The largest absolute Gasteiger partial charge is 0.497 e. The first kappa shape index (κ1) is 17.5. The lowest BCUT2D eigenvalue weighted by molar-refractivity contribution is 0.102. The molecule has 0 saturated carbocycles. The van der Waals surface area contributed by atoms with Crippen molar-refractivity contribution in [2.24, 2.45) is 0 Å². The van der Waals surface area contributed by atoms with Gasteiger partial charge < -0.3 is 13.9 Å². The predicted octanol–water partition coefficient (Wildman–Crippen LogP) is 3.32. The molecule has 0 spiro atoms. The van der Waals surface area contributed by atoms with Gasteiger partial charge in [0, 0.05) is 5.56 Å². The van der Waals surface area contributed by atoms with Gasteiger partial charge in [0.2, 0.25) is 5.89 Å². The lowest BCUT2D eigenvalue weighted by Crippen LogP contribution is -2.12. The van der Waals surface area contributed by atoms with Crippen LogP contribution in [-0.4, -0.2) is 29.8 Å². The van der Waals surface area contributed by atoms with Crippen molar-refractivity contribution in [1.82, 2.24) is 10.2 Å². The van der Waals surface area contributed by atoms with E-state index in [1.807, 2.05) is 31.2 Å². The molecular formula is C19H19N3O4. The Bertz CT molecular complexity index is 857. The van der Waals surface area contributed by atoms with E-state index < -0.39 is 0 Å². The van der Waals surface area contributed by atoms with Gasteiger partial charge >= 0.3 is 6.01 Å². The highest BCUT2D eigenvalue weighted by Crippen LogP contribution is 2.17. The molecule has 0 aliphatic heterocycles. The molecule has 2 aromatic carbocycles. The van der Waals surface area contributed by atoms with Gasteiger partial charge in [-0.1, -0.05) is 17.2 Å². The van der Waals surface area contributed by atoms with Crippen molar-refractivity contribution < 1.29 is 18.7 Å². The first-order valence-electron chi connectivity index (χ1n) is 8.17. The maximum Gasteiger partial charge on any atom is 0.322 e. The average Bonchev–Trinajstić information content (AvgIpc) is 3.10. The van der Waals surface area contributed by atoms with Gasteiger partial charge in [-0.2, -0.15) is 0 Å². The Hall–Kier alpha value is -3.35. The average molecular weight is 353 g/mol. The first-order valence-corrected chi connectivity index (χ1v) is 8.17. The minimum absolute atomic E-state index is 0.0624. The molecule has 0 aliphatic carbocycles. The highest BCUT2D eigenvalue weighted by Gasteiger charge is 2.12. The molecule has 1 N–H and O–H groups in total. The molecule has 0 unspecified atom stereocenters. The zero-order valence-electron chi connectivity index (χ0n) is 14.6. The first-order chi connectivity index (χ1) is 12.7. The number of anilines is 1. The fourth-order valence-electron chi connectivity index (χ4n) is 2.33. The molecule has 1 aromatic heterocycles. The topological polar surface area (TPSA) is 86.5 Å². The Labute approximate surface area is 151 Å². The van der Waals surface area contributed by atoms with Gasteiger partial charge in [0.15, 0.2) is 0 Å². The number of carbonyl (C=O) groups is 1. The van der Waals surface area contributed by atoms with Crippen LogP contribution in [0.5, 0.6) is 11.5 Å². The third-order valence-corrected chi connectivity index (χ3v) is 3.63. The van der Waals surface area contributed by atoms with Gasteiger partial charge in [-0.3, -0.25) is 10.1 Å². The summed E-state index contributed by atoms with van der Waals surface area (Å²) in [5.74, 6) is 1.58. The summed E-state index contributed by atoms with van der Waals surface area (Å²) in [5, 5.41) is 10.4. The SMILES string of the molecule is CCOc1ccc(C(=O)Nc2nnc(Cc3ccc(OC)cc3)o2)cc1. The molecule has 0 saturated heterocycles. The third kappa shape index (κ3) is 4.38. The number of nitrogens with one attached hydrogen (secondary N) is 1. The van der Waals surface area contributed by atoms with Crippen molar-refractivity contribution in [3.8, 4) is 11.5 Å². The highest BCUT2D eigenvalue weighted by atomic mass is 16.5. The van der Waals surface area contributed by atoms with Crippen molar-refractivity contribution in [3.63, 3.8) is 0 Å². The van der Waals surface area contributed by atoms with Crippen molar-refractivity contribution in [3.05, 3.63) is 65.5 Å². The van der Waals surface area contributed by atoms with Crippen LogP contribution < -0.4 is 14.8 Å². The van der Waals surface area contributed by atoms with E-state index in [0.29, 0.717) is 30.2 Å². The normalized spacial score (nSPS) is 10.4. The second-order valence-electron chi connectivity index (χ2n) is 5.44. The Morgan fingerprint density at radius 1 is 1.04 bits per heavy atom. The molecule has 0 radical (unpaired) electrons. The van der Waals surface area contributed by atoms with Gasteiger partial charge in [-0.15, -0.1) is 5.10 Å². The fraction of sp³-hybridized carbons (Fsp3) is 0.211. The number of ether oxygens (including phenoxy) is 2. The number of carbonyl (C=O) groups excluding carboxylic acids is 1. The number of methoxy groups -OCH3 is 1. The monoisotopic (exact) mass is 353 g/mol. The Balaban J connectivity index is 1.61. The van der Waals surface area contributed by atoms with Gasteiger partial charge in [0.25, 0.3) is 5.91 Å². The van der Waals surface area contributed by atoms with Crippen molar-refractivity contribution in [1.29, 1.82) is 0 Å². The Morgan fingerprint density at radius 2 is 1.73 bits per heavy atom. The summed E-state index contributed by atoms with van der Waals surface area (Å²) in [6.07, 6.45) is 0.468. The van der Waals surface area contributed by atoms with E-state index in [1.165, 1.54) is 0 Å². The fourth-order valence-corrected chi connectivity index (χ4v) is 2.33. The number of hydrogen-bond donors (Lipinski definition) is 1. The molecule has 3 rings (SSSR count). The molecule has 3 aromatic rings. The minimum Gasteiger partial charge on any atom is -0.497 e. The maximum absolute atomic E-state index is 12.2. The van der Waals surface area contributed by atoms with Crippen LogP contribution in [0.2, 0.25) is 0 Å². The molecule has 26 heavy (non-hydrogen) atoms. The molecule has 0 aliphatic rings. The van der Waals surface area contributed by atoms with Crippen LogP contribution in [0.1, 0.15) is 28.7 Å². The van der Waals surface area contributed by atoms with E-state index in [0.717, 1.165) is 11.3 Å². The van der Waals surface area contributed by atoms with Crippen LogP contribution in [0.25, 0.3) is 0 Å². The maximum atomic E-state index is 12.2. The van der Waals surface area contributed by atoms with Gasteiger partial charge in [-0.25, -0.2) is 0 Å². The summed E-state index contributed by atoms with van der Waals surface area (Å²) >= 11 is 0. The molecule has 1 amide bonds. The number of aromatic nitrogens is 2. The van der Waals surface area contributed by atoms with Crippen LogP contribution in [-0.2, 0) is 6.42 Å². The van der Waals surface area contributed by atoms with E-state index >= 15 is 0 Å². The quantitative estimate of drug-likeness (QED) is 0.701. The van der Waals surface area contributed by atoms with Crippen LogP contribution in [0.3, 0.4) is 0 Å². The second-order valence-corrected chi connectivity index (χ2v) is 5.44. The zero-order chi connectivity index (χ0) is 18.4. The molecule has 7 nitrogen and oxygen atoms in total. The van der Waals surface area contributed by atoms with E-state index in [2.05, 4.69) is 15.5 Å². The highest BCUT2D eigenvalue weighted by molar-refractivity contribution is 6.03. The summed E-state index contributed by atoms with van der Waals surface area (Å²) in [4.78, 5) is 12.2. The lowest BCUT2D eigenvalue weighted by Gasteiger charge is -2.04. The van der Waals surface area contributed by atoms with E-state index in [4.69, 9.17) is 13.9 Å². The summed E-state index contributed by atoms with van der Waals surface area (Å²) in [7, 11) is 1.62. The van der Waals surface area contributed by atoms with Gasteiger partial charge in [0.1, 0.15) is 11.5 Å². The van der Waals surface area contributed by atoms with Crippen LogP contribution in [0, 0.1) is 0 Å². The molecular weight excluding hydrogens is 334 g/mol. The second kappa shape index (κ2) is 8.15. The molecule has 7 heteroatoms. The number of rotatable bonds is 7. The lowest BCUT2D eigenvalue weighted by atomic mass is 10.1. The van der Waals surface area contributed by atoms with E-state index in [9.17, 15) is 4.79 Å². The van der Waals surface area contributed by atoms with Crippen LogP contribution in [0.15, 0.2) is 52.9 Å². The van der Waals surface area contributed by atoms with Crippen molar-refractivity contribution >= 4 is 11.9 Å². The number of nitrogens with zero attached hydrogens (tertiary/aromatic N) is 2. The minimum atomic E-state index is -0.326. The molecule has 0 bridgehead atoms. The number of amides is 1. The Kier molecular flexibility index (Phi) is 5.48. The zero-order valence-corrected chi connectivity index (χ0v) is 14.6. The standard InChI is InChI=1S/C19H19N3O4/c1-3-25-16-10-6-14(7-11-16)18(23)20-19-22-21-17(26-19)12-13-4-8-15(24-2)9-5-13/h4-11H,3,12H2,1-2H3,(H,20,22,23). The van der Waals surface area contributed by atoms with Crippen molar-refractivity contribution in [2.75, 3.05) is 19.0 Å². The van der Waals surface area contributed by atoms with Gasteiger partial charge in [0.05, 0.1) is 20.1 Å². The van der Waals surface area contributed by atoms with E-state index in [1.54, 1.807) is 31.4 Å². The van der Waals surface area contributed by atoms with Crippen molar-refractivity contribution in [2.45, 2.75) is 13.3 Å². The summed E-state index contributed by atoms with van der Waals surface area (Å²) in [5.41, 5.74) is 1.47. The molecule has 134 valence electrons. The van der Waals surface area contributed by atoms with Crippen LogP contribution >= 0.6 is 0 Å². The summed E-state index contributed by atoms with van der Waals surface area (Å²) < 4.78 is 16.0. The number of benzene rings is 2. The summed E-state index contributed by atoms with van der Waals surface area (Å²) in [6.45, 7) is 2.48. The molecule has 0 atom stereocenters. The van der Waals surface area contributed by atoms with E-state index in [-0.39, 0.29) is 11.9 Å². The van der Waals surface area contributed by atoms with Crippen LogP contribution in [0.4, 0.5) is 6.01 Å².